The highest BCUT2D eigenvalue weighted by atomic mass is 32.2. The molecular formula is C10H19NO2S. The van der Waals surface area contributed by atoms with E-state index in [1.54, 1.807) is 4.31 Å². The van der Waals surface area contributed by atoms with E-state index in [1.807, 2.05) is 0 Å². The second kappa shape index (κ2) is 3.20. The smallest absolute Gasteiger partial charge is 0.211 e. The Morgan fingerprint density at radius 1 is 1.36 bits per heavy atom. The number of rotatable bonds is 2. The number of nitrogens with zero attached hydrogens (tertiary/aromatic N) is 1. The summed E-state index contributed by atoms with van der Waals surface area (Å²) in [6, 6.07) is 0.339. The van der Waals surface area contributed by atoms with Gasteiger partial charge in [0.15, 0.2) is 0 Å². The zero-order chi connectivity index (χ0) is 10.5. The Kier molecular flexibility index (Phi) is 2.39. The van der Waals surface area contributed by atoms with Gasteiger partial charge in [0.05, 0.1) is 6.26 Å². The SMILES string of the molecule is CC(C)C1CCN(S(C)(=O)=O)C2CC12. The molecule has 2 fully saturated rings. The van der Waals surface area contributed by atoms with Crippen molar-refractivity contribution < 1.29 is 8.42 Å². The predicted molar refractivity (Wildman–Crippen MR) is 56.4 cm³/mol. The maximum absolute atomic E-state index is 11.4. The lowest BCUT2D eigenvalue weighted by molar-refractivity contribution is 0.216. The summed E-state index contributed by atoms with van der Waals surface area (Å²) in [7, 11) is -2.95. The Labute approximate surface area is 86.5 Å². The largest absolute Gasteiger partial charge is 0.212 e. The zero-order valence-electron chi connectivity index (χ0n) is 9.10. The lowest BCUT2D eigenvalue weighted by atomic mass is 9.86. The van der Waals surface area contributed by atoms with E-state index in [-0.39, 0.29) is 0 Å². The van der Waals surface area contributed by atoms with E-state index in [0.29, 0.717) is 17.9 Å². The third-order valence-corrected chi connectivity index (χ3v) is 5.00. The van der Waals surface area contributed by atoms with Crippen molar-refractivity contribution in [1.82, 2.24) is 4.31 Å². The average molecular weight is 217 g/mol. The second-order valence-corrected chi connectivity index (χ2v) is 6.97. The van der Waals surface area contributed by atoms with Gasteiger partial charge in [0.25, 0.3) is 0 Å². The van der Waals surface area contributed by atoms with Crippen LogP contribution >= 0.6 is 0 Å². The van der Waals surface area contributed by atoms with Gasteiger partial charge in [-0.25, -0.2) is 8.42 Å². The summed E-state index contributed by atoms with van der Waals surface area (Å²) in [5.74, 6) is 2.10. The molecule has 0 aromatic heterocycles. The Bertz CT molecular complexity index is 323. The van der Waals surface area contributed by atoms with Crippen LogP contribution in [0.2, 0.25) is 0 Å². The quantitative estimate of drug-likeness (QED) is 0.699. The summed E-state index contributed by atoms with van der Waals surface area (Å²) >= 11 is 0. The van der Waals surface area contributed by atoms with E-state index in [4.69, 9.17) is 0 Å². The molecule has 4 heteroatoms. The molecule has 0 spiro atoms. The van der Waals surface area contributed by atoms with Crippen LogP contribution in [0.15, 0.2) is 0 Å². The van der Waals surface area contributed by atoms with Gasteiger partial charge < -0.3 is 0 Å². The number of hydrogen-bond acceptors (Lipinski definition) is 2. The maximum atomic E-state index is 11.4. The molecule has 2 aliphatic rings. The number of hydrogen-bond donors (Lipinski definition) is 0. The van der Waals surface area contributed by atoms with E-state index >= 15 is 0 Å². The Morgan fingerprint density at radius 2 is 2.00 bits per heavy atom. The van der Waals surface area contributed by atoms with E-state index in [0.717, 1.165) is 25.3 Å². The summed E-state index contributed by atoms with van der Waals surface area (Å²) < 4.78 is 24.6. The molecule has 0 amide bonds. The van der Waals surface area contributed by atoms with Gasteiger partial charge >= 0.3 is 0 Å². The topological polar surface area (TPSA) is 37.4 Å². The molecule has 3 nitrogen and oxygen atoms in total. The van der Waals surface area contributed by atoms with Crippen LogP contribution in [0.1, 0.15) is 26.7 Å². The first-order valence-electron chi connectivity index (χ1n) is 5.38. The molecule has 82 valence electrons. The van der Waals surface area contributed by atoms with Crippen molar-refractivity contribution in [2.24, 2.45) is 17.8 Å². The minimum Gasteiger partial charge on any atom is -0.212 e. The fourth-order valence-corrected chi connectivity index (χ4v) is 4.06. The average Bonchev–Trinajstić information content (AvgIpc) is 2.77. The molecule has 3 atom stereocenters. The van der Waals surface area contributed by atoms with E-state index in [2.05, 4.69) is 13.8 Å². The molecule has 0 N–H and O–H groups in total. The maximum Gasteiger partial charge on any atom is 0.211 e. The third kappa shape index (κ3) is 1.70. The van der Waals surface area contributed by atoms with Crippen LogP contribution in [-0.4, -0.2) is 31.6 Å². The highest BCUT2D eigenvalue weighted by Crippen LogP contribution is 2.50. The summed E-state index contributed by atoms with van der Waals surface area (Å²) in [6.07, 6.45) is 3.47. The van der Waals surface area contributed by atoms with Crippen molar-refractivity contribution in [3.05, 3.63) is 0 Å². The van der Waals surface area contributed by atoms with Gasteiger partial charge in [0, 0.05) is 12.6 Å². The van der Waals surface area contributed by atoms with Gasteiger partial charge in [0.1, 0.15) is 0 Å². The fourth-order valence-electron chi connectivity index (χ4n) is 2.89. The Morgan fingerprint density at radius 3 is 2.50 bits per heavy atom. The van der Waals surface area contributed by atoms with Crippen molar-refractivity contribution in [2.45, 2.75) is 32.7 Å². The number of piperidine rings is 1. The molecule has 1 heterocycles. The van der Waals surface area contributed by atoms with Crippen molar-refractivity contribution >= 4 is 10.0 Å². The second-order valence-electron chi connectivity index (χ2n) is 5.04. The molecule has 1 saturated carbocycles. The van der Waals surface area contributed by atoms with Gasteiger partial charge in [-0.15, -0.1) is 0 Å². The monoisotopic (exact) mass is 217 g/mol. The van der Waals surface area contributed by atoms with Crippen LogP contribution in [-0.2, 0) is 10.0 Å². The fraction of sp³-hybridized carbons (Fsp3) is 1.00. The van der Waals surface area contributed by atoms with E-state index in [1.165, 1.54) is 6.26 Å². The highest BCUT2D eigenvalue weighted by molar-refractivity contribution is 7.88. The summed E-state index contributed by atoms with van der Waals surface area (Å²) in [5.41, 5.74) is 0. The number of fused-ring (bicyclic) bond motifs is 1. The minimum atomic E-state index is -2.95. The third-order valence-electron chi connectivity index (χ3n) is 3.69. The molecule has 0 aromatic carbocycles. The van der Waals surface area contributed by atoms with Crippen molar-refractivity contribution in [2.75, 3.05) is 12.8 Å². The molecule has 0 radical (unpaired) electrons. The van der Waals surface area contributed by atoms with Gasteiger partial charge in [-0.2, -0.15) is 4.31 Å². The van der Waals surface area contributed by atoms with Crippen LogP contribution in [0.25, 0.3) is 0 Å². The molecule has 14 heavy (non-hydrogen) atoms. The molecule has 2 rings (SSSR count). The van der Waals surface area contributed by atoms with Gasteiger partial charge in [-0.3, -0.25) is 0 Å². The lowest BCUT2D eigenvalue weighted by Crippen LogP contribution is -2.40. The van der Waals surface area contributed by atoms with E-state index < -0.39 is 10.0 Å². The van der Waals surface area contributed by atoms with Gasteiger partial charge in [-0.1, -0.05) is 13.8 Å². The van der Waals surface area contributed by atoms with Crippen molar-refractivity contribution in [1.29, 1.82) is 0 Å². The molecule has 1 saturated heterocycles. The predicted octanol–water partition coefficient (Wildman–Crippen LogP) is 1.31. The van der Waals surface area contributed by atoms with Crippen LogP contribution in [0.4, 0.5) is 0 Å². The molecule has 1 aliphatic carbocycles. The van der Waals surface area contributed by atoms with E-state index in [9.17, 15) is 8.42 Å². The van der Waals surface area contributed by atoms with Crippen molar-refractivity contribution in [3.63, 3.8) is 0 Å². The normalized spacial score (nSPS) is 38.4. The van der Waals surface area contributed by atoms with Crippen LogP contribution in [0.3, 0.4) is 0 Å². The Balaban J connectivity index is 2.08. The highest BCUT2D eigenvalue weighted by Gasteiger charge is 2.52. The van der Waals surface area contributed by atoms with Crippen LogP contribution in [0, 0.1) is 17.8 Å². The first-order valence-corrected chi connectivity index (χ1v) is 7.23. The van der Waals surface area contributed by atoms with Gasteiger partial charge in [0.2, 0.25) is 10.0 Å². The lowest BCUT2D eigenvalue weighted by Gasteiger charge is -2.31. The standard InChI is InChI=1S/C10H19NO2S/c1-7(2)8-4-5-11(14(3,12)13)10-6-9(8)10/h7-10H,4-6H2,1-3H3. The Hall–Kier alpha value is -0.0900. The zero-order valence-corrected chi connectivity index (χ0v) is 9.92. The summed E-state index contributed by atoms with van der Waals surface area (Å²) in [6.45, 7) is 5.23. The van der Waals surface area contributed by atoms with Crippen LogP contribution < -0.4 is 0 Å². The first-order chi connectivity index (χ1) is 6.41. The molecular weight excluding hydrogens is 198 g/mol. The number of sulfonamides is 1. The van der Waals surface area contributed by atoms with Crippen molar-refractivity contribution in [3.8, 4) is 0 Å². The molecule has 0 bridgehead atoms. The molecule has 1 aliphatic heterocycles. The van der Waals surface area contributed by atoms with Crippen LogP contribution in [0.5, 0.6) is 0 Å². The molecule has 0 aromatic rings. The minimum absolute atomic E-state index is 0.339. The summed E-state index contributed by atoms with van der Waals surface area (Å²) in [5, 5.41) is 0. The summed E-state index contributed by atoms with van der Waals surface area (Å²) in [4.78, 5) is 0. The van der Waals surface area contributed by atoms with Gasteiger partial charge in [-0.05, 0) is 30.6 Å². The first kappa shape index (κ1) is 10.4. The molecule has 3 unspecified atom stereocenters.